The lowest BCUT2D eigenvalue weighted by Gasteiger charge is -2.29. The van der Waals surface area contributed by atoms with Crippen molar-refractivity contribution in [2.45, 2.75) is 38.6 Å². The lowest BCUT2D eigenvalue weighted by molar-refractivity contribution is 0.0912. The van der Waals surface area contributed by atoms with E-state index >= 15 is 0 Å². The van der Waals surface area contributed by atoms with Gasteiger partial charge in [0.25, 0.3) is 5.91 Å². The minimum absolute atomic E-state index is 0.0353. The Bertz CT molecular complexity index is 634. The molecular formula is C16H19BrN2O. The molecule has 3 nitrogen and oxygen atoms in total. The quantitative estimate of drug-likeness (QED) is 0.847. The number of aromatic amines is 1. The molecule has 1 aromatic heterocycles. The maximum Gasteiger partial charge on any atom is 0.253 e. The predicted molar refractivity (Wildman–Crippen MR) is 84.9 cm³/mol. The first-order chi connectivity index (χ1) is 9.65. The number of amides is 1. The van der Waals surface area contributed by atoms with E-state index in [4.69, 9.17) is 0 Å². The zero-order chi connectivity index (χ0) is 14.1. The first-order valence-electron chi connectivity index (χ1n) is 7.22. The molecule has 2 aromatic rings. The van der Waals surface area contributed by atoms with Crippen LogP contribution in [0.1, 0.15) is 43.0 Å². The van der Waals surface area contributed by atoms with Gasteiger partial charge in [0.05, 0.1) is 5.56 Å². The van der Waals surface area contributed by atoms with Gasteiger partial charge in [-0.25, -0.2) is 0 Å². The molecule has 0 unspecified atom stereocenters. The van der Waals surface area contributed by atoms with Crippen LogP contribution in [0.4, 0.5) is 0 Å². The van der Waals surface area contributed by atoms with Crippen LogP contribution in [0.5, 0.6) is 0 Å². The van der Waals surface area contributed by atoms with Crippen LogP contribution in [-0.2, 0) is 0 Å². The molecule has 1 fully saturated rings. The van der Waals surface area contributed by atoms with Gasteiger partial charge in [0.15, 0.2) is 0 Å². The van der Waals surface area contributed by atoms with Crippen molar-refractivity contribution >= 4 is 32.7 Å². The first-order valence-corrected chi connectivity index (χ1v) is 8.02. The Hall–Kier alpha value is -1.29. The van der Waals surface area contributed by atoms with Crippen LogP contribution in [-0.4, -0.2) is 16.9 Å². The monoisotopic (exact) mass is 334 g/mol. The summed E-state index contributed by atoms with van der Waals surface area (Å²) in [7, 11) is 0. The van der Waals surface area contributed by atoms with E-state index < -0.39 is 0 Å². The van der Waals surface area contributed by atoms with E-state index in [0.717, 1.165) is 27.4 Å². The Morgan fingerprint density at radius 3 is 2.95 bits per heavy atom. The molecule has 1 amide bonds. The highest BCUT2D eigenvalue weighted by atomic mass is 79.9. The fourth-order valence-corrected chi connectivity index (χ4v) is 3.42. The summed E-state index contributed by atoms with van der Waals surface area (Å²) in [5.41, 5.74) is 1.73. The molecule has 1 aliphatic carbocycles. The Labute approximate surface area is 127 Å². The third-order valence-corrected chi connectivity index (χ3v) is 4.81. The Kier molecular flexibility index (Phi) is 3.83. The van der Waals surface area contributed by atoms with Gasteiger partial charge in [-0.05, 0) is 37.0 Å². The fourth-order valence-electron chi connectivity index (χ4n) is 3.06. The van der Waals surface area contributed by atoms with Crippen LogP contribution in [0.25, 0.3) is 10.9 Å². The molecule has 0 aliphatic heterocycles. The molecule has 0 saturated heterocycles. The molecule has 0 spiro atoms. The molecule has 20 heavy (non-hydrogen) atoms. The number of hydrogen-bond acceptors (Lipinski definition) is 1. The van der Waals surface area contributed by atoms with E-state index in [1.54, 1.807) is 6.20 Å². The van der Waals surface area contributed by atoms with Gasteiger partial charge in [0.1, 0.15) is 0 Å². The van der Waals surface area contributed by atoms with Crippen molar-refractivity contribution < 1.29 is 4.79 Å². The van der Waals surface area contributed by atoms with Crippen molar-refractivity contribution in [2.24, 2.45) is 5.92 Å². The third kappa shape index (κ3) is 2.62. The number of carbonyl (C=O) groups is 1. The van der Waals surface area contributed by atoms with Gasteiger partial charge >= 0.3 is 0 Å². The summed E-state index contributed by atoms with van der Waals surface area (Å²) < 4.78 is 0.990. The molecule has 2 atom stereocenters. The summed E-state index contributed by atoms with van der Waals surface area (Å²) in [4.78, 5) is 15.7. The summed E-state index contributed by atoms with van der Waals surface area (Å²) >= 11 is 3.46. The largest absolute Gasteiger partial charge is 0.360 e. The van der Waals surface area contributed by atoms with Crippen LogP contribution >= 0.6 is 15.9 Å². The lowest BCUT2D eigenvalue weighted by Crippen LogP contribution is -2.40. The van der Waals surface area contributed by atoms with E-state index in [1.807, 2.05) is 18.2 Å². The minimum Gasteiger partial charge on any atom is -0.360 e. The molecule has 106 valence electrons. The fraction of sp³-hybridized carbons (Fsp3) is 0.438. The molecule has 2 N–H and O–H groups in total. The van der Waals surface area contributed by atoms with Crippen molar-refractivity contribution in [3.05, 3.63) is 34.4 Å². The van der Waals surface area contributed by atoms with Gasteiger partial charge in [-0.2, -0.15) is 0 Å². The van der Waals surface area contributed by atoms with Crippen LogP contribution in [0.3, 0.4) is 0 Å². The normalized spacial score (nSPS) is 22.9. The maximum atomic E-state index is 12.5. The third-order valence-electron chi connectivity index (χ3n) is 4.32. The zero-order valence-corrected chi connectivity index (χ0v) is 13.2. The molecule has 3 rings (SSSR count). The van der Waals surface area contributed by atoms with Gasteiger partial charge in [-0.3, -0.25) is 4.79 Å². The van der Waals surface area contributed by atoms with Gasteiger partial charge in [0, 0.05) is 27.6 Å². The average Bonchev–Trinajstić information content (AvgIpc) is 2.84. The number of nitrogens with one attached hydrogen (secondary N) is 2. The standard InChI is InChI=1S/C16H19BrN2O/c1-10-4-2-3-5-14(10)19-16(20)13-9-18-15-7-6-11(17)8-12(13)15/h6-10,14,18H,2-5H2,1H3,(H,19,20)/t10-,14+/m1/s1. The van der Waals surface area contributed by atoms with Crippen molar-refractivity contribution in [1.82, 2.24) is 10.3 Å². The number of hydrogen-bond donors (Lipinski definition) is 2. The summed E-state index contributed by atoms with van der Waals surface area (Å²) in [6, 6.07) is 6.27. The molecule has 1 saturated carbocycles. The molecule has 4 heteroatoms. The predicted octanol–water partition coefficient (Wildman–Crippen LogP) is 4.24. The van der Waals surface area contributed by atoms with Crippen LogP contribution in [0, 0.1) is 5.92 Å². The van der Waals surface area contributed by atoms with Crippen molar-refractivity contribution in [3.8, 4) is 0 Å². The number of halogens is 1. The Balaban J connectivity index is 1.83. The second kappa shape index (κ2) is 5.60. The smallest absolute Gasteiger partial charge is 0.253 e. The number of benzene rings is 1. The van der Waals surface area contributed by atoms with Gasteiger partial charge in [0.2, 0.25) is 0 Å². The highest BCUT2D eigenvalue weighted by molar-refractivity contribution is 9.10. The van der Waals surface area contributed by atoms with E-state index in [1.165, 1.54) is 19.3 Å². The van der Waals surface area contributed by atoms with E-state index in [2.05, 4.69) is 33.2 Å². The molecule has 1 aromatic carbocycles. The number of aromatic nitrogens is 1. The number of H-pyrrole nitrogens is 1. The first kappa shape index (κ1) is 13.7. The maximum absolute atomic E-state index is 12.5. The van der Waals surface area contributed by atoms with Crippen molar-refractivity contribution in [3.63, 3.8) is 0 Å². The average molecular weight is 335 g/mol. The summed E-state index contributed by atoms with van der Waals surface area (Å²) in [5, 5.41) is 4.18. The SMILES string of the molecule is C[C@@H]1CCCC[C@@H]1NC(=O)c1c[nH]c2ccc(Br)cc12. The number of fused-ring (bicyclic) bond motifs is 1. The topological polar surface area (TPSA) is 44.9 Å². The second-order valence-corrected chi connectivity index (χ2v) is 6.65. The number of carbonyl (C=O) groups excluding carboxylic acids is 1. The summed E-state index contributed by atoms with van der Waals surface area (Å²) in [6.07, 6.45) is 6.62. The van der Waals surface area contributed by atoms with Gasteiger partial charge in [-0.1, -0.05) is 35.7 Å². The Morgan fingerprint density at radius 2 is 2.15 bits per heavy atom. The minimum atomic E-state index is 0.0353. The molecule has 1 heterocycles. The molecule has 1 aliphatic rings. The molecule has 0 bridgehead atoms. The zero-order valence-electron chi connectivity index (χ0n) is 11.6. The number of rotatable bonds is 2. The van der Waals surface area contributed by atoms with E-state index in [0.29, 0.717) is 12.0 Å². The summed E-state index contributed by atoms with van der Waals surface area (Å²) in [6.45, 7) is 2.23. The van der Waals surface area contributed by atoms with Crippen LogP contribution in [0.2, 0.25) is 0 Å². The van der Waals surface area contributed by atoms with Crippen molar-refractivity contribution in [2.75, 3.05) is 0 Å². The van der Waals surface area contributed by atoms with Crippen LogP contribution in [0.15, 0.2) is 28.9 Å². The molecule has 0 radical (unpaired) electrons. The lowest BCUT2D eigenvalue weighted by atomic mass is 9.86. The van der Waals surface area contributed by atoms with Crippen molar-refractivity contribution in [1.29, 1.82) is 0 Å². The highest BCUT2D eigenvalue weighted by Gasteiger charge is 2.24. The van der Waals surface area contributed by atoms with Gasteiger partial charge in [-0.15, -0.1) is 0 Å². The van der Waals surface area contributed by atoms with E-state index in [-0.39, 0.29) is 5.91 Å². The van der Waals surface area contributed by atoms with Gasteiger partial charge < -0.3 is 10.3 Å². The molecular weight excluding hydrogens is 316 g/mol. The Morgan fingerprint density at radius 1 is 1.35 bits per heavy atom. The van der Waals surface area contributed by atoms with Crippen LogP contribution < -0.4 is 5.32 Å². The summed E-state index contributed by atoms with van der Waals surface area (Å²) in [5.74, 6) is 0.609. The highest BCUT2D eigenvalue weighted by Crippen LogP contribution is 2.26. The second-order valence-electron chi connectivity index (χ2n) is 5.73. The van der Waals surface area contributed by atoms with E-state index in [9.17, 15) is 4.79 Å².